The normalized spacial score (nSPS) is 12.6. The molecule has 0 N–H and O–H groups in total. The Hall–Kier alpha value is -3.21. The van der Waals surface area contributed by atoms with Gasteiger partial charge in [-0.1, -0.05) is 42.5 Å². The molecule has 1 aliphatic rings. The summed E-state index contributed by atoms with van der Waals surface area (Å²) in [5.41, 5.74) is 2.01. The lowest BCUT2D eigenvalue weighted by molar-refractivity contribution is -0.131. The molecule has 1 amide bonds. The maximum absolute atomic E-state index is 12.8. The predicted octanol–water partition coefficient (Wildman–Crippen LogP) is 4.70. The summed E-state index contributed by atoms with van der Waals surface area (Å²) < 4.78 is 17.3. The van der Waals surface area contributed by atoms with Crippen molar-refractivity contribution in [2.45, 2.75) is 26.3 Å². The van der Waals surface area contributed by atoms with Crippen molar-refractivity contribution >= 4 is 5.91 Å². The van der Waals surface area contributed by atoms with Crippen LogP contribution in [0.2, 0.25) is 0 Å². The quantitative estimate of drug-likeness (QED) is 0.586. The Bertz CT molecular complexity index is 964. The number of benzene rings is 2. The van der Waals surface area contributed by atoms with Gasteiger partial charge in [-0.25, -0.2) is 0 Å². The minimum Gasteiger partial charge on any atom is -0.486 e. The van der Waals surface area contributed by atoms with Crippen molar-refractivity contribution in [2.24, 2.45) is 0 Å². The number of aryl methyl sites for hydroxylation is 1. The van der Waals surface area contributed by atoms with E-state index in [0.717, 1.165) is 34.1 Å². The van der Waals surface area contributed by atoms with Crippen molar-refractivity contribution < 1.29 is 18.7 Å². The second kappa shape index (κ2) is 8.86. The van der Waals surface area contributed by atoms with E-state index in [-0.39, 0.29) is 5.91 Å². The fraction of sp³-hybridized carbons (Fsp3) is 0.292. The molecular formula is C24H25NO4. The van der Waals surface area contributed by atoms with Gasteiger partial charge in [0.1, 0.15) is 24.7 Å². The number of para-hydroxylation sites is 1. The zero-order valence-corrected chi connectivity index (χ0v) is 16.6. The smallest absolute Gasteiger partial charge is 0.223 e. The molecule has 0 spiro atoms. The van der Waals surface area contributed by atoms with Crippen molar-refractivity contribution in [1.29, 1.82) is 0 Å². The molecule has 4 rings (SSSR count). The van der Waals surface area contributed by atoms with E-state index in [9.17, 15) is 4.79 Å². The third-order valence-electron chi connectivity index (χ3n) is 5.05. The number of nitrogens with zero attached hydrogens (tertiary/aromatic N) is 1. The van der Waals surface area contributed by atoms with Crippen molar-refractivity contribution in [1.82, 2.24) is 4.90 Å². The summed E-state index contributed by atoms with van der Waals surface area (Å²) in [7, 11) is 0. The molecule has 150 valence electrons. The van der Waals surface area contributed by atoms with Gasteiger partial charge in [0.15, 0.2) is 11.5 Å². The van der Waals surface area contributed by atoms with Crippen LogP contribution in [0.4, 0.5) is 0 Å². The van der Waals surface area contributed by atoms with Crippen molar-refractivity contribution in [3.8, 4) is 22.8 Å². The van der Waals surface area contributed by atoms with Crippen LogP contribution in [-0.2, 0) is 17.8 Å². The maximum atomic E-state index is 12.8. The number of ether oxygens (including phenoxy) is 2. The molecule has 2 aromatic carbocycles. The highest BCUT2D eigenvalue weighted by Crippen LogP contribution is 2.34. The minimum absolute atomic E-state index is 0.0968. The zero-order chi connectivity index (χ0) is 20.1. The molecule has 5 nitrogen and oxygen atoms in total. The molecule has 0 saturated heterocycles. The van der Waals surface area contributed by atoms with Crippen LogP contribution in [0.3, 0.4) is 0 Å². The molecular weight excluding hydrogens is 366 g/mol. The molecule has 29 heavy (non-hydrogen) atoms. The Labute approximate surface area is 170 Å². The molecule has 0 fully saturated rings. The average molecular weight is 391 g/mol. The Morgan fingerprint density at radius 1 is 0.966 bits per heavy atom. The fourth-order valence-electron chi connectivity index (χ4n) is 3.50. The fourth-order valence-corrected chi connectivity index (χ4v) is 3.50. The second-order valence-electron chi connectivity index (χ2n) is 6.98. The van der Waals surface area contributed by atoms with Gasteiger partial charge in [-0.15, -0.1) is 0 Å². The molecule has 1 aliphatic heterocycles. The summed E-state index contributed by atoms with van der Waals surface area (Å²) >= 11 is 0. The number of fused-ring (bicyclic) bond motifs is 1. The molecule has 0 unspecified atom stereocenters. The largest absolute Gasteiger partial charge is 0.486 e. The third-order valence-corrected chi connectivity index (χ3v) is 5.05. The average Bonchev–Trinajstić information content (AvgIpc) is 3.25. The van der Waals surface area contributed by atoms with Gasteiger partial charge in [0.05, 0.1) is 0 Å². The molecule has 1 aromatic heterocycles. The van der Waals surface area contributed by atoms with Crippen LogP contribution in [0.1, 0.15) is 24.7 Å². The van der Waals surface area contributed by atoms with E-state index >= 15 is 0 Å². The van der Waals surface area contributed by atoms with Crippen molar-refractivity contribution in [2.75, 3.05) is 19.8 Å². The third kappa shape index (κ3) is 4.45. The SMILES string of the molecule is CCN(Cc1cccc2c1OCCO2)C(=O)CCc1ccc(-c2ccccc2)o1. The van der Waals surface area contributed by atoms with Gasteiger partial charge < -0.3 is 18.8 Å². The Kier molecular flexibility index (Phi) is 5.84. The number of hydrogen-bond acceptors (Lipinski definition) is 4. The molecule has 0 saturated carbocycles. The Morgan fingerprint density at radius 3 is 2.62 bits per heavy atom. The van der Waals surface area contributed by atoms with E-state index < -0.39 is 0 Å². The summed E-state index contributed by atoms with van der Waals surface area (Å²) in [6.45, 7) is 4.23. The molecule has 0 atom stereocenters. The first-order valence-electron chi connectivity index (χ1n) is 10.0. The molecule has 2 heterocycles. The first kappa shape index (κ1) is 19.1. The number of carbonyl (C=O) groups excluding carboxylic acids is 1. The van der Waals surface area contributed by atoms with Crippen LogP contribution in [-0.4, -0.2) is 30.6 Å². The summed E-state index contributed by atoms with van der Waals surface area (Å²) in [6.07, 6.45) is 0.983. The van der Waals surface area contributed by atoms with Gasteiger partial charge in [0.2, 0.25) is 5.91 Å². The predicted molar refractivity (Wildman–Crippen MR) is 111 cm³/mol. The summed E-state index contributed by atoms with van der Waals surface area (Å²) in [4.78, 5) is 14.7. The Balaban J connectivity index is 1.38. The van der Waals surface area contributed by atoms with E-state index in [0.29, 0.717) is 39.1 Å². The number of carbonyl (C=O) groups is 1. The van der Waals surface area contributed by atoms with E-state index in [1.807, 2.05) is 72.5 Å². The second-order valence-corrected chi connectivity index (χ2v) is 6.98. The van der Waals surface area contributed by atoms with Crippen LogP contribution in [0.15, 0.2) is 65.1 Å². The lowest BCUT2D eigenvalue weighted by atomic mass is 10.1. The molecule has 0 bridgehead atoms. The van der Waals surface area contributed by atoms with Crippen LogP contribution in [0.5, 0.6) is 11.5 Å². The van der Waals surface area contributed by atoms with Crippen molar-refractivity contribution in [3.63, 3.8) is 0 Å². The van der Waals surface area contributed by atoms with Gasteiger partial charge in [0, 0.05) is 37.1 Å². The standard InChI is InChI=1S/C24H25NO4/c1-2-25(17-19-9-6-10-22-24(19)28-16-15-27-22)23(26)14-12-20-11-13-21(29-20)18-7-4-3-5-8-18/h3-11,13H,2,12,14-17H2,1H3. The zero-order valence-electron chi connectivity index (χ0n) is 16.6. The molecule has 3 aromatic rings. The van der Waals surface area contributed by atoms with Crippen LogP contribution in [0, 0.1) is 0 Å². The van der Waals surface area contributed by atoms with E-state index in [4.69, 9.17) is 13.9 Å². The number of rotatable bonds is 7. The Morgan fingerprint density at radius 2 is 1.79 bits per heavy atom. The molecule has 5 heteroatoms. The first-order valence-corrected chi connectivity index (χ1v) is 10.0. The lowest BCUT2D eigenvalue weighted by Crippen LogP contribution is -2.31. The van der Waals surface area contributed by atoms with E-state index in [1.165, 1.54) is 0 Å². The number of furan rings is 1. The van der Waals surface area contributed by atoms with Gasteiger partial charge in [-0.2, -0.15) is 0 Å². The minimum atomic E-state index is 0.0968. The van der Waals surface area contributed by atoms with Gasteiger partial charge >= 0.3 is 0 Å². The maximum Gasteiger partial charge on any atom is 0.223 e. The van der Waals surface area contributed by atoms with Crippen LogP contribution >= 0.6 is 0 Å². The topological polar surface area (TPSA) is 51.9 Å². The first-order chi connectivity index (χ1) is 14.2. The molecule has 0 aliphatic carbocycles. The summed E-state index contributed by atoms with van der Waals surface area (Å²) in [5, 5.41) is 0. The van der Waals surface area contributed by atoms with Gasteiger partial charge in [-0.3, -0.25) is 4.79 Å². The van der Waals surface area contributed by atoms with Gasteiger partial charge in [-0.05, 0) is 25.1 Å². The number of hydrogen-bond donors (Lipinski definition) is 0. The molecule has 0 radical (unpaired) electrons. The van der Waals surface area contributed by atoms with Gasteiger partial charge in [0.25, 0.3) is 0 Å². The van der Waals surface area contributed by atoms with E-state index in [1.54, 1.807) is 0 Å². The highest BCUT2D eigenvalue weighted by molar-refractivity contribution is 5.76. The summed E-state index contributed by atoms with van der Waals surface area (Å²) in [6, 6.07) is 19.7. The van der Waals surface area contributed by atoms with Crippen LogP contribution in [0.25, 0.3) is 11.3 Å². The van der Waals surface area contributed by atoms with Crippen LogP contribution < -0.4 is 9.47 Å². The lowest BCUT2D eigenvalue weighted by Gasteiger charge is -2.25. The summed E-state index contributed by atoms with van der Waals surface area (Å²) in [5.74, 6) is 3.25. The monoisotopic (exact) mass is 391 g/mol. The van der Waals surface area contributed by atoms with E-state index in [2.05, 4.69) is 0 Å². The highest BCUT2D eigenvalue weighted by Gasteiger charge is 2.20. The highest BCUT2D eigenvalue weighted by atomic mass is 16.6. The number of amides is 1. The van der Waals surface area contributed by atoms with Crippen molar-refractivity contribution in [3.05, 3.63) is 72.0 Å².